The Labute approximate surface area is 109 Å². The molecule has 0 aliphatic heterocycles. The van der Waals surface area contributed by atoms with E-state index >= 15 is 0 Å². The van der Waals surface area contributed by atoms with Crippen molar-refractivity contribution in [2.45, 2.75) is 19.6 Å². The lowest BCUT2D eigenvalue weighted by atomic mass is 10.1. The Balaban J connectivity index is 2.15. The number of nitrogens with zero attached hydrogens (tertiary/aromatic N) is 1. The van der Waals surface area contributed by atoms with E-state index in [9.17, 15) is 13.2 Å². The second kappa shape index (κ2) is 4.99. The first-order valence-electron chi connectivity index (χ1n) is 5.89. The number of anilines is 1. The normalized spacial score (nSPS) is 11.6. The van der Waals surface area contributed by atoms with Crippen molar-refractivity contribution in [1.82, 2.24) is 4.57 Å². The van der Waals surface area contributed by atoms with E-state index in [1.54, 1.807) is 6.92 Å². The molecule has 2 rings (SSSR count). The molecule has 0 saturated heterocycles. The summed E-state index contributed by atoms with van der Waals surface area (Å²) in [6.45, 7) is 2.29. The standard InChI is InChI=1S/C14H15F3N2/c1-10-3-4-12(14(15,16)17)7-13(10)18-8-11-5-6-19(2)9-11/h3-7,9,18H,8H2,1-2H3. The molecule has 0 aliphatic rings. The van der Waals surface area contributed by atoms with Crippen molar-refractivity contribution >= 4 is 5.69 Å². The molecule has 0 fully saturated rings. The van der Waals surface area contributed by atoms with Crippen molar-refractivity contribution in [1.29, 1.82) is 0 Å². The van der Waals surface area contributed by atoms with Crippen LogP contribution in [0.5, 0.6) is 0 Å². The zero-order valence-electron chi connectivity index (χ0n) is 10.8. The van der Waals surface area contributed by atoms with Gasteiger partial charge in [0.1, 0.15) is 0 Å². The predicted octanol–water partition coefficient (Wildman–Crippen LogP) is 3.96. The second-order valence-electron chi connectivity index (χ2n) is 4.57. The third kappa shape index (κ3) is 3.30. The Morgan fingerprint density at radius 2 is 1.95 bits per heavy atom. The van der Waals surface area contributed by atoms with E-state index < -0.39 is 11.7 Å². The molecule has 0 amide bonds. The Morgan fingerprint density at radius 3 is 2.53 bits per heavy atom. The maximum Gasteiger partial charge on any atom is 0.416 e. The zero-order chi connectivity index (χ0) is 14.0. The number of aryl methyl sites for hydroxylation is 2. The third-order valence-electron chi connectivity index (χ3n) is 2.94. The molecule has 102 valence electrons. The van der Waals surface area contributed by atoms with E-state index in [1.165, 1.54) is 6.07 Å². The summed E-state index contributed by atoms with van der Waals surface area (Å²) in [5, 5.41) is 3.04. The fraction of sp³-hybridized carbons (Fsp3) is 0.286. The molecule has 5 heteroatoms. The van der Waals surface area contributed by atoms with E-state index in [0.717, 1.165) is 23.3 Å². The van der Waals surface area contributed by atoms with E-state index in [1.807, 2.05) is 30.1 Å². The van der Waals surface area contributed by atoms with Gasteiger partial charge in [-0.25, -0.2) is 0 Å². The lowest BCUT2D eigenvalue weighted by Gasteiger charge is -2.13. The highest BCUT2D eigenvalue weighted by molar-refractivity contribution is 5.53. The van der Waals surface area contributed by atoms with E-state index in [0.29, 0.717) is 12.2 Å². The molecule has 0 saturated carbocycles. The monoisotopic (exact) mass is 268 g/mol. The van der Waals surface area contributed by atoms with Gasteiger partial charge < -0.3 is 9.88 Å². The van der Waals surface area contributed by atoms with Gasteiger partial charge in [0.05, 0.1) is 5.56 Å². The first kappa shape index (κ1) is 13.5. The average molecular weight is 268 g/mol. The Kier molecular flexibility index (Phi) is 3.55. The van der Waals surface area contributed by atoms with Crippen LogP contribution in [0.4, 0.5) is 18.9 Å². The molecular weight excluding hydrogens is 253 g/mol. The molecule has 0 spiro atoms. The smallest absolute Gasteiger partial charge is 0.381 e. The molecule has 2 nitrogen and oxygen atoms in total. The molecule has 0 aliphatic carbocycles. The van der Waals surface area contributed by atoms with Crippen molar-refractivity contribution in [3.63, 3.8) is 0 Å². The molecule has 1 aromatic heterocycles. The number of rotatable bonds is 3. The van der Waals surface area contributed by atoms with Crippen molar-refractivity contribution < 1.29 is 13.2 Å². The van der Waals surface area contributed by atoms with Gasteiger partial charge in [-0.05, 0) is 36.2 Å². The van der Waals surface area contributed by atoms with Gasteiger partial charge in [0.25, 0.3) is 0 Å². The molecular formula is C14H15F3N2. The van der Waals surface area contributed by atoms with Crippen LogP contribution in [0.3, 0.4) is 0 Å². The number of hydrogen-bond acceptors (Lipinski definition) is 1. The summed E-state index contributed by atoms with van der Waals surface area (Å²) in [5.74, 6) is 0. The first-order valence-corrected chi connectivity index (χ1v) is 5.89. The highest BCUT2D eigenvalue weighted by Gasteiger charge is 2.30. The lowest BCUT2D eigenvalue weighted by molar-refractivity contribution is -0.137. The van der Waals surface area contributed by atoms with Gasteiger partial charge in [-0.3, -0.25) is 0 Å². The topological polar surface area (TPSA) is 17.0 Å². The van der Waals surface area contributed by atoms with Crippen LogP contribution in [0, 0.1) is 6.92 Å². The fourth-order valence-electron chi connectivity index (χ4n) is 1.85. The predicted molar refractivity (Wildman–Crippen MR) is 68.9 cm³/mol. The van der Waals surface area contributed by atoms with E-state index in [-0.39, 0.29) is 0 Å². The number of benzene rings is 1. The van der Waals surface area contributed by atoms with Crippen molar-refractivity contribution in [3.05, 3.63) is 53.3 Å². The zero-order valence-corrected chi connectivity index (χ0v) is 10.8. The molecule has 0 unspecified atom stereocenters. The Hall–Kier alpha value is -1.91. The molecule has 1 aromatic carbocycles. The number of hydrogen-bond donors (Lipinski definition) is 1. The van der Waals surface area contributed by atoms with Crippen molar-refractivity contribution in [3.8, 4) is 0 Å². The SMILES string of the molecule is Cc1ccc(C(F)(F)F)cc1NCc1ccn(C)c1. The maximum atomic E-state index is 12.6. The minimum absolute atomic E-state index is 0.503. The summed E-state index contributed by atoms with van der Waals surface area (Å²) in [6.07, 6.45) is -0.483. The van der Waals surface area contributed by atoms with Gasteiger partial charge in [-0.1, -0.05) is 6.07 Å². The molecule has 0 bridgehead atoms. The minimum Gasteiger partial charge on any atom is -0.381 e. The van der Waals surface area contributed by atoms with Crippen LogP contribution in [0.1, 0.15) is 16.7 Å². The van der Waals surface area contributed by atoms with Gasteiger partial charge in [0.2, 0.25) is 0 Å². The first-order chi connectivity index (χ1) is 8.86. The molecule has 1 heterocycles. The Bertz CT molecular complexity index is 570. The number of alkyl halides is 3. The van der Waals surface area contributed by atoms with Crippen LogP contribution in [0.25, 0.3) is 0 Å². The van der Waals surface area contributed by atoms with Crippen molar-refractivity contribution in [2.24, 2.45) is 7.05 Å². The molecule has 1 N–H and O–H groups in total. The van der Waals surface area contributed by atoms with Crippen LogP contribution in [0.2, 0.25) is 0 Å². The third-order valence-corrected chi connectivity index (χ3v) is 2.94. The van der Waals surface area contributed by atoms with Gasteiger partial charge in [-0.2, -0.15) is 13.2 Å². The summed E-state index contributed by atoms with van der Waals surface area (Å²) in [5.41, 5.74) is 1.70. The van der Waals surface area contributed by atoms with E-state index in [2.05, 4.69) is 5.32 Å². The minimum atomic E-state index is -4.31. The number of aromatic nitrogens is 1. The maximum absolute atomic E-state index is 12.6. The highest BCUT2D eigenvalue weighted by Crippen LogP contribution is 2.32. The second-order valence-corrected chi connectivity index (χ2v) is 4.57. The Morgan fingerprint density at radius 1 is 1.21 bits per heavy atom. The quantitative estimate of drug-likeness (QED) is 0.891. The van der Waals surface area contributed by atoms with Crippen LogP contribution in [0.15, 0.2) is 36.7 Å². The summed E-state index contributed by atoms with van der Waals surface area (Å²) in [4.78, 5) is 0. The summed E-state index contributed by atoms with van der Waals surface area (Å²) in [6, 6.07) is 5.66. The fourth-order valence-corrected chi connectivity index (χ4v) is 1.85. The summed E-state index contributed by atoms with van der Waals surface area (Å²) < 4.78 is 39.8. The van der Waals surface area contributed by atoms with Gasteiger partial charge >= 0.3 is 6.18 Å². The van der Waals surface area contributed by atoms with Crippen LogP contribution in [-0.4, -0.2) is 4.57 Å². The average Bonchev–Trinajstić information content (AvgIpc) is 2.72. The highest BCUT2D eigenvalue weighted by atomic mass is 19.4. The summed E-state index contributed by atoms with van der Waals surface area (Å²) >= 11 is 0. The van der Waals surface area contributed by atoms with Crippen LogP contribution >= 0.6 is 0 Å². The molecule has 2 aromatic rings. The van der Waals surface area contributed by atoms with Gasteiger partial charge in [0, 0.05) is 31.7 Å². The van der Waals surface area contributed by atoms with Gasteiger partial charge in [0.15, 0.2) is 0 Å². The molecule has 0 radical (unpaired) electrons. The molecule has 19 heavy (non-hydrogen) atoms. The summed E-state index contributed by atoms with van der Waals surface area (Å²) in [7, 11) is 1.90. The van der Waals surface area contributed by atoms with Crippen molar-refractivity contribution in [2.75, 3.05) is 5.32 Å². The van der Waals surface area contributed by atoms with E-state index in [4.69, 9.17) is 0 Å². The molecule has 0 atom stereocenters. The van der Waals surface area contributed by atoms with Crippen LogP contribution in [-0.2, 0) is 19.8 Å². The largest absolute Gasteiger partial charge is 0.416 e. The van der Waals surface area contributed by atoms with Gasteiger partial charge in [-0.15, -0.1) is 0 Å². The lowest BCUT2D eigenvalue weighted by Crippen LogP contribution is -2.07. The van der Waals surface area contributed by atoms with Crippen LogP contribution < -0.4 is 5.32 Å². The number of nitrogens with one attached hydrogen (secondary N) is 1. The number of halogens is 3.